The van der Waals surface area contributed by atoms with Gasteiger partial charge in [0.2, 0.25) is 5.95 Å². The Morgan fingerprint density at radius 3 is 2.75 bits per heavy atom. The van der Waals surface area contributed by atoms with E-state index in [4.69, 9.17) is 5.26 Å². The maximum absolute atomic E-state index is 12.5. The van der Waals surface area contributed by atoms with Gasteiger partial charge < -0.3 is 10.6 Å². The highest BCUT2D eigenvalue weighted by Crippen LogP contribution is 2.21. The number of amides is 1. The minimum absolute atomic E-state index is 0.288. The van der Waals surface area contributed by atoms with E-state index < -0.39 is 0 Å². The number of carbonyl (C=O) groups excluding carboxylic acids is 1. The quantitative estimate of drug-likeness (QED) is 0.902. The second kappa shape index (κ2) is 7.09. The molecular weight excluding hydrogens is 302 g/mol. The summed E-state index contributed by atoms with van der Waals surface area (Å²) in [4.78, 5) is 21.2. The van der Waals surface area contributed by atoms with Crippen LogP contribution < -0.4 is 10.6 Å². The van der Waals surface area contributed by atoms with Gasteiger partial charge in [0.05, 0.1) is 11.3 Å². The van der Waals surface area contributed by atoms with Gasteiger partial charge in [-0.15, -0.1) is 0 Å². The van der Waals surface area contributed by atoms with Crippen LogP contribution in [-0.2, 0) is 0 Å². The van der Waals surface area contributed by atoms with Crippen molar-refractivity contribution in [3.05, 3.63) is 47.3 Å². The lowest BCUT2D eigenvalue weighted by atomic mass is 10.2. The predicted octanol–water partition coefficient (Wildman–Crippen LogP) is 3.26. The molecule has 0 radical (unpaired) electrons. The van der Waals surface area contributed by atoms with E-state index in [2.05, 4.69) is 26.7 Å². The Morgan fingerprint density at radius 2 is 2.00 bits per heavy atom. The molecule has 122 valence electrons. The molecule has 1 aromatic carbocycles. The largest absolute Gasteiger partial charge is 0.351 e. The van der Waals surface area contributed by atoms with Gasteiger partial charge in [0, 0.05) is 11.7 Å². The maximum atomic E-state index is 12.5. The zero-order valence-corrected chi connectivity index (χ0v) is 13.5. The van der Waals surface area contributed by atoms with Crippen molar-refractivity contribution in [1.29, 1.82) is 5.26 Å². The number of para-hydroxylation sites is 1. The Hall–Kier alpha value is -2.94. The Bertz CT molecular complexity index is 790. The zero-order chi connectivity index (χ0) is 16.9. The minimum Gasteiger partial charge on any atom is -0.351 e. The van der Waals surface area contributed by atoms with Crippen molar-refractivity contribution in [2.45, 2.75) is 38.6 Å². The van der Waals surface area contributed by atoms with Gasteiger partial charge in [-0.3, -0.25) is 4.79 Å². The number of carbonyl (C=O) groups is 1. The van der Waals surface area contributed by atoms with E-state index in [1.165, 1.54) is 12.8 Å². The van der Waals surface area contributed by atoms with Gasteiger partial charge >= 0.3 is 0 Å². The first-order chi connectivity index (χ1) is 11.7. The van der Waals surface area contributed by atoms with Crippen LogP contribution in [0.3, 0.4) is 0 Å². The first kappa shape index (κ1) is 15.9. The van der Waals surface area contributed by atoms with Gasteiger partial charge in [0.15, 0.2) is 0 Å². The first-order valence-corrected chi connectivity index (χ1v) is 8.08. The van der Waals surface area contributed by atoms with Gasteiger partial charge in [-0.2, -0.15) is 5.26 Å². The Morgan fingerprint density at radius 1 is 1.25 bits per heavy atom. The summed E-state index contributed by atoms with van der Waals surface area (Å²) in [5, 5.41) is 15.2. The van der Waals surface area contributed by atoms with Gasteiger partial charge in [0.1, 0.15) is 11.8 Å². The Balaban J connectivity index is 1.79. The molecule has 1 aliphatic carbocycles. The molecule has 0 saturated heterocycles. The Labute approximate surface area is 140 Å². The van der Waals surface area contributed by atoms with Crippen molar-refractivity contribution in [2.75, 3.05) is 10.6 Å². The van der Waals surface area contributed by atoms with Crippen LogP contribution >= 0.6 is 0 Å². The molecule has 0 spiro atoms. The zero-order valence-electron chi connectivity index (χ0n) is 13.5. The van der Waals surface area contributed by atoms with Crippen molar-refractivity contribution >= 4 is 17.5 Å². The number of anilines is 2. The summed E-state index contributed by atoms with van der Waals surface area (Å²) in [6.45, 7) is 1.83. The summed E-state index contributed by atoms with van der Waals surface area (Å²) in [5.74, 6) is 0.137. The standard InChI is InChI=1S/C18H19N5O/c1-12-10-16(23-18(20-12)21-14-7-3-4-8-14)17(24)22-15-9-5-2-6-13(15)11-19/h2,5-6,9-10,14H,3-4,7-8H2,1H3,(H,22,24)(H,20,21,23). The van der Waals surface area contributed by atoms with Crippen molar-refractivity contribution in [2.24, 2.45) is 0 Å². The third-order valence-corrected chi connectivity index (χ3v) is 4.07. The molecule has 1 heterocycles. The van der Waals surface area contributed by atoms with E-state index in [1.54, 1.807) is 30.3 Å². The normalized spacial score (nSPS) is 14.2. The molecule has 1 aromatic heterocycles. The van der Waals surface area contributed by atoms with Crippen LogP contribution in [0.4, 0.5) is 11.6 Å². The lowest BCUT2D eigenvalue weighted by Gasteiger charge is -2.13. The Kier molecular flexibility index (Phi) is 4.71. The van der Waals surface area contributed by atoms with E-state index >= 15 is 0 Å². The fraction of sp³-hybridized carbons (Fsp3) is 0.333. The molecule has 24 heavy (non-hydrogen) atoms. The van der Waals surface area contributed by atoms with Crippen molar-refractivity contribution < 1.29 is 4.79 Å². The average molecular weight is 321 g/mol. The molecule has 0 aliphatic heterocycles. The predicted molar refractivity (Wildman–Crippen MR) is 91.8 cm³/mol. The molecular formula is C18H19N5O. The molecule has 2 aromatic rings. The molecule has 1 saturated carbocycles. The highest BCUT2D eigenvalue weighted by atomic mass is 16.1. The summed E-state index contributed by atoms with van der Waals surface area (Å²) in [6, 6.07) is 11.0. The smallest absolute Gasteiger partial charge is 0.274 e. The topological polar surface area (TPSA) is 90.7 Å². The molecule has 2 N–H and O–H groups in total. The lowest BCUT2D eigenvalue weighted by molar-refractivity contribution is 0.102. The van der Waals surface area contributed by atoms with Crippen LogP contribution in [0.25, 0.3) is 0 Å². The van der Waals surface area contributed by atoms with E-state index in [9.17, 15) is 4.79 Å². The number of nitrogens with zero attached hydrogens (tertiary/aromatic N) is 3. The van der Waals surface area contributed by atoms with Crippen LogP contribution in [0.15, 0.2) is 30.3 Å². The van der Waals surface area contributed by atoms with Gasteiger partial charge in [-0.1, -0.05) is 25.0 Å². The molecule has 0 atom stereocenters. The van der Waals surface area contributed by atoms with E-state index in [-0.39, 0.29) is 11.6 Å². The number of rotatable bonds is 4. The second-order valence-electron chi connectivity index (χ2n) is 5.96. The lowest BCUT2D eigenvalue weighted by Crippen LogP contribution is -2.20. The fourth-order valence-electron chi connectivity index (χ4n) is 2.88. The molecule has 1 aliphatic rings. The highest BCUT2D eigenvalue weighted by molar-refractivity contribution is 6.03. The van der Waals surface area contributed by atoms with Gasteiger partial charge in [0.25, 0.3) is 5.91 Å². The molecule has 6 heteroatoms. The average Bonchev–Trinajstić information content (AvgIpc) is 3.07. The fourth-order valence-corrected chi connectivity index (χ4v) is 2.88. The van der Waals surface area contributed by atoms with E-state index in [0.717, 1.165) is 18.5 Å². The van der Waals surface area contributed by atoms with Crippen molar-refractivity contribution in [3.8, 4) is 6.07 Å². The summed E-state index contributed by atoms with van der Waals surface area (Å²) in [7, 11) is 0. The van der Waals surface area contributed by atoms with Crippen LogP contribution in [0.1, 0.15) is 47.4 Å². The maximum Gasteiger partial charge on any atom is 0.274 e. The molecule has 0 unspecified atom stereocenters. The van der Waals surface area contributed by atoms with E-state index in [1.807, 2.05) is 6.92 Å². The van der Waals surface area contributed by atoms with E-state index in [0.29, 0.717) is 23.2 Å². The number of hydrogen-bond acceptors (Lipinski definition) is 5. The highest BCUT2D eigenvalue weighted by Gasteiger charge is 2.17. The molecule has 3 rings (SSSR count). The minimum atomic E-state index is -0.349. The molecule has 1 fully saturated rings. The number of aryl methyl sites for hydroxylation is 1. The summed E-state index contributed by atoms with van der Waals surface area (Å²) in [5.41, 5.74) is 1.91. The summed E-state index contributed by atoms with van der Waals surface area (Å²) < 4.78 is 0. The van der Waals surface area contributed by atoms with Crippen LogP contribution in [-0.4, -0.2) is 21.9 Å². The molecule has 0 bridgehead atoms. The van der Waals surface area contributed by atoms with Crippen LogP contribution in [0.2, 0.25) is 0 Å². The molecule has 6 nitrogen and oxygen atoms in total. The molecule has 1 amide bonds. The summed E-state index contributed by atoms with van der Waals surface area (Å²) in [6.07, 6.45) is 4.63. The van der Waals surface area contributed by atoms with Gasteiger partial charge in [-0.05, 0) is 38.0 Å². The monoisotopic (exact) mass is 321 g/mol. The third-order valence-electron chi connectivity index (χ3n) is 4.07. The number of benzene rings is 1. The van der Waals surface area contributed by atoms with Crippen molar-refractivity contribution in [3.63, 3.8) is 0 Å². The number of nitriles is 1. The van der Waals surface area contributed by atoms with Crippen LogP contribution in [0, 0.1) is 18.3 Å². The number of hydrogen-bond donors (Lipinski definition) is 2. The number of nitrogens with one attached hydrogen (secondary N) is 2. The number of aromatic nitrogens is 2. The second-order valence-corrected chi connectivity index (χ2v) is 5.96. The van der Waals surface area contributed by atoms with Crippen LogP contribution in [0.5, 0.6) is 0 Å². The van der Waals surface area contributed by atoms with Gasteiger partial charge in [-0.25, -0.2) is 9.97 Å². The van der Waals surface area contributed by atoms with Crippen molar-refractivity contribution in [1.82, 2.24) is 9.97 Å². The third kappa shape index (κ3) is 3.69. The summed E-state index contributed by atoms with van der Waals surface area (Å²) >= 11 is 0. The SMILES string of the molecule is Cc1cc(C(=O)Nc2ccccc2C#N)nc(NC2CCCC2)n1. The first-order valence-electron chi connectivity index (χ1n) is 8.08.